The SMILES string of the molecule is C=S(C)(=O)N1CCN(C(=O)C2=Cc3ccccc3-c3c(C4CCCCC4)c4ccc(C(=O)OC)cc4n3C2)CC1.CC. The number of rotatable bonds is 4. The number of fused-ring (bicyclic) bond motifs is 5. The average Bonchev–Trinajstić information content (AvgIpc) is 3.23. The highest BCUT2D eigenvalue weighted by Crippen LogP contribution is 2.46. The first-order chi connectivity index (χ1) is 20.3. The number of piperazine rings is 1. The van der Waals surface area contributed by atoms with E-state index in [1.54, 1.807) is 6.26 Å². The highest BCUT2D eigenvalue weighted by molar-refractivity contribution is 7.97. The van der Waals surface area contributed by atoms with Gasteiger partial charge in [-0.3, -0.25) is 9.00 Å². The molecule has 2 fully saturated rings. The maximum atomic E-state index is 14.0. The van der Waals surface area contributed by atoms with E-state index in [-0.39, 0.29) is 11.9 Å². The van der Waals surface area contributed by atoms with Gasteiger partial charge in [-0.1, -0.05) is 63.4 Å². The molecule has 3 aromatic rings. The Bertz CT molecular complexity index is 1620. The van der Waals surface area contributed by atoms with E-state index in [4.69, 9.17) is 4.74 Å². The van der Waals surface area contributed by atoms with Gasteiger partial charge >= 0.3 is 5.97 Å². The van der Waals surface area contributed by atoms with Crippen molar-refractivity contribution in [1.29, 1.82) is 0 Å². The second kappa shape index (κ2) is 12.5. The van der Waals surface area contributed by atoms with Crippen molar-refractivity contribution in [3.8, 4) is 11.3 Å². The van der Waals surface area contributed by atoms with E-state index < -0.39 is 9.71 Å². The van der Waals surface area contributed by atoms with Crippen LogP contribution in [0.25, 0.3) is 28.2 Å². The summed E-state index contributed by atoms with van der Waals surface area (Å²) in [6.45, 7) is 6.52. The van der Waals surface area contributed by atoms with Gasteiger partial charge in [0.1, 0.15) is 0 Å². The third kappa shape index (κ3) is 5.66. The highest BCUT2D eigenvalue weighted by Gasteiger charge is 2.32. The first-order valence-electron chi connectivity index (χ1n) is 15.2. The van der Waals surface area contributed by atoms with E-state index in [9.17, 15) is 13.8 Å². The maximum Gasteiger partial charge on any atom is 0.337 e. The second-order valence-corrected chi connectivity index (χ2v) is 13.8. The van der Waals surface area contributed by atoms with Crippen molar-refractivity contribution in [2.24, 2.45) is 0 Å². The molecule has 7 nitrogen and oxygen atoms in total. The predicted molar refractivity (Wildman–Crippen MR) is 173 cm³/mol. The van der Waals surface area contributed by atoms with Gasteiger partial charge in [0.15, 0.2) is 0 Å². The zero-order chi connectivity index (χ0) is 30.0. The molecule has 2 aliphatic heterocycles. The summed E-state index contributed by atoms with van der Waals surface area (Å²) in [5.74, 6) is 3.88. The minimum atomic E-state index is -2.29. The van der Waals surface area contributed by atoms with Crippen LogP contribution in [0.4, 0.5) is 0 Å². The van der Waals surface area contributed by atoms with Gasteiger partial charge in [-0.25, -0.2) is 9.10 Å². The van der Waals surface area contributed by atoms with Gasteiger partial charge in [-0.15, -0.1) is 0 Å². The molecule has 1 saturated heterocycles. The molecule has 3 heterocycles. The Balaban J connectivity index is 0.00000173. The van der Waals surface area contributed by atoms with Gasteiger partial charge in [0.2, 0.25) is 0 Å². The Labute approximate surface area is 250 Å². The summed E-state index contributed by atoms with van der Waals surface area (Å²) in [7, 11) is -0.890. The molecule has 8 heteroatoms. The van der Waals surface area contributed by atoms with Crippen LogP contribution >= 0.6 is 0 Å². The fraction of sp³-hybridized carbons (Fsp3) is 0.441. The first kappa shape index (κ1) is 30.1. The molecule has 42 heavy (non-hydrogen) atoms. The Kier molecular flexibility index (Phi) is 8.94. The van der Waals surface area contributed by atoms with Crippen LogP contribution in [0.15, 0.2) is 48.0 Å². The molecule has 1 aliphatic carbocycles. The predicted octanol–water partition coefficient (Wildman–Crippen LogP) is 5.97. The lowest BCUT2D eigenvalue weighted by Crippen LogP contribution is -2.50. The van der Waals surface area contributed by atoms with Crippen LogP contribution in [0.1, 0.15) is 73.4 Å². The van der Waals surface area contributed by atoms with Gasteiger partial charge in [-0.05, 0) is 54.0 Å². The van der Waals surface area contributed by atoms with Crippen molar-refractivity contribution in [1.82, 2.24) is 13.8 Å². The molecule has 1 amide bonds. The fourth-order valence-electron chi connectivity index (χ4n) is 6.73. The normalized spacial score (nSPS) is 19.0. The van der Waals surface area contributed by atoms with Crippen molar-refractivity contribution < 1.29 is 18.5 Å². The van der Waals surface area contributed by atoms with Crippen LogP contribution < -0.4 is 0 Å². The summed E-state index contributed by atoms with van der Waals surface area (Å²) < 4.78 is 21.6. The standard InChI is InChI=1S/C32H37N3O4S.C2H6/c1-39-32(37)24-13-14-27-28(20-24)35-21-25(31(36)33-15-17-34(18-16-33)40(2,3)38)19-23-11-7-8-12-26(23)30(35)29(27)22-9-5-4-6-10-22;1-2/h7-8,11-14,19-20,22H,2,4-6,9-10,15-18,21H2,1,3H3;1-2H3. The molecule has 0 spiro atoms. The minimum Gasteiger partial charge on any atom is -0.465 e. The third-order valence-electron chi connectivity index (χ3n) is 8.76. The molecule has 0 bridgehead atoms. The topological polar surface area (TPSA) is 71.8 Å². The fourth-order valence-corrected chi connectivity index (χ4v) is 7.67. The van der Waals surface area contributed by atoms with Crippen LogP contribution in [0.5, 0.6) is 0 Å². The van der Waals surface area contributed by atoms with Gasteiger partial charge in [0.25, 0.3) is 5.91 Å². The molecular formula is C34H43N3O4S. The lowest BCUT2D eigenvalue weighted by molar-refractivity contribution is -0.128. The molecule has 6 rings (SSSR count). The average molecular weight is 590 g/mol. The number of aromatic nitrogens is 1. The van der Waals surface area contributed by atoms with Gasteiger partial charge < -0.3 is 14.2 Å². The summed E-state index contributed by atoms with van der Waals surface area (Å²) in [4.78, 5) is 28.4. The Morgan fingerprint density at radius 2 is 1.67 bits per heavy atom. The van der Waals surface area contributed by atoms with E-state index in [1.165, 1.54) is 31.9 Å². The summed E-state index contributed by atoms with van der Waals surface area (Å²) in [6.07, 6.45) is 9.67. The van der Waals surface area contributed by atoms with Crippen molar-refractivity contribution in [2.75, 3.05) is 39.5 Å². The summed E-state index contributed by atoms with van der Waals surface area (Å²) >= 11 is 0. The van der Waals surface area contributed by atoms with E-state index in [1.807, 2.05) is 47.3 Å². The molecule has 0 radical (unpaired) electrons. The Morgan fingerprint density at radius 1 is 0.976 bits per heavy atom. The second-order valence-electron chi connectivity index (χ2n) is 11.3. The van der Waals surface area contributed by atoms with Crippen molar-refractivity contribution >= 4 is 44.4 Å². The summed E-state index contributed by atoms with van der Waals surface area (Å²) in [5, 5.41) is 1.15. The lowest BCUT2D eigenvalue weighted by Gasteiger charge is -2.35. The monoisotopic (exact) mass is 589 g/mol. The van der Waals surface area contributed by atoms with Crippen LogP contribution in [0, 0.1) is 0 Å². The number of methoxy groups -OCH3 is 1. The van der Waals surface area contributed by atoms with Crippen LogP contribution in [0.3, 0.4) is 0 Å². The molecule has 1 saturated carbocycles. The largest absolute Gasteiger partial charge is 0.465 e. The Morgan fingerprint density at radius 3 is 2.33 bits per heavy atom. The number of benzene rings is 2. The van der Waals surface area contributed by atoms with Gasteiger partial charge in [0.05, 0.1) is 24.9 Å². The molecule has 3 aliphatic rings. The summed E-state index contributed by atoms with van der Waals surface area (Å²) in [5.41, 5.74) is 6.82. The summed E-state index contributed by atoms with van der Waals surface area (Å²) in [6, 6.07) is 14.2. The third-order valence-corrected chi connectivity index (χ3v) is 10.2. The van der Waals surface area contributed by atoms with Crippen molar-refractivity contribution in [3.63, 3.8) is 0 Å². The number of carbonyl (C=O) groups excluding carboxylic acids is 2. The number of ether oxygens (including phenoxy) is 1. The van der Waals surface area contributed by atoms with Crippen LogP contribution in [0.2, 0.25) is 0 Å². The van der Waals surface area contributed by atoms with Crippen LogP contribution in [-0.4, -0.2) is 75.3 Å². The van der Waals surface area contributed by atoms with E-state index in [2.05, 4.69) is 34.7 Å². The lowest BCUT2D eigenvalue weighted by atomic mass is 9.81. The van der Waals surface area contributed by atoms with Crippen LogP contribution in [-0.2, 0) is 25.8 Å². The molecule has 2 aromatic carbocycles. The number of esters is 1. The zero-order valence-electron chi connectivity index (χ0n) is 25.4. The highest BCUT2D eigenvalue weighted by atomic mass is 32.2. The quantitative estimate of drug-likeness (QED) is 0.278. The first-order valence-corrected chi connectivity index (χ1v) is 17.3. The zero-order valence-corrected chi connectivity index (χ0v) is 26.2. The minimum absolute atomic E-state index is 0.000781. The number of nitrogens with zero attached hydrogens (tertiary/aromatic N) is 3. The van der Waals surface area contributed by atoms with Gasteiger partial charge in [0, 0.05) is 64.2 Å². The number of amides is 1. The van der Waals surface area contributed by atoms with Crippen molar-refractivity contribution in [3.05, 3.63) is 64.7 Å². The molecule has 224 valence electrons. The number of hydrogen-bond acceptors (Lipinski definition) is 4. The molecule has 0 N–H and O–H groups in total. The Hall–Kier alpha value is -3.36. The molecule has 1 atom stereocenters. The molecule has 1 unspecified atom stereocenters. The van der Waals surface area contributed by atoms with Crippen molar-refractivity contribution in [2.45, 2.75) is 58.4 Å². The van der Waals surface area contributed by atoms with E-state index in [0.717, 1.165) is 40.6 Å². The maximum absolute atomic E-state index is 14.0. The number of hydrogen-bond donors (Lipinski definition) is 0. The smallest absolute Gasteiger partial charge is 0.337 e. The number of carbonyl (C=O) groups is 2. The van der Waals surface area contributed by atoms with Gasteiger partial charge in [-0.2, -0.15) is 0 Å². The van der Waals surface area contributed by atoms with E-state index in [0.29, 0.717) is 49.8 Å². The molecule has 1 aromatic heterocycles. The molecular weight excluding hydrogens is 546 g/mol. The van der Waals surface area contributed by atoms with E-state index >= 15 is 0 Å².